The number of aryl methyl sites for hydroxylation is 1. The van der Waals surface area contributed by atoms with Crippen LogP contribution >= 0.6 is 27.5 Å². The van der Waals surface area contributed by atoms with Gasteiger partial charge in [-0.05, 0) is 37.2 Å². The monoisotopic (exact) mass is 303 g/mol. The van der Waals surface area contributed by atoms with Crippen molar-refractivity contribution in [3.63, 3.8) is 0 Å². The molecule has 4 nitrogen and oxygen atoms in total. The molecule has 0 spiro atoms. The van der Waals surface area contributed by atoms with E-state index in [0.717, 1.165) is 18.1 Å². The van der Waals surface area contributed by atoms with Crippen LogP contribution in [0.3, 0.4) is 0 Å². The molecule has 1 aromatic rings. The Bertz CT molecular complexity index is 382. The molecular formula is C10H14BrN3OS. The summed E-state index contributed by atoms with van der Waals surface area (Å²) in [5.41, 5.74) is 0.712. The molecule has 0 radical (unpaired) electrons. The van der Waals surface area contributed by atoms with Crippen molar-refractivity contribution in [2.24, 2.45) is 5.92 Å². The third-order valence-corrected chi connectivity index (χ3v) is 4.98. The first kappa shape index (κ1) is 12.0. The van der Waals surface area contributed by atoms with Gasteiger partial charge in [-0.25, -0.2) is 0 Å². The quantitative estimate of drug-likeness (QED) is 0.871. The van der Waals surface area contributed by atoms with E-state index >= 15 is 0 Å². The second kappa shape index (κ2) is 5.23. The second-order valence-electron chi connectivity index (χ2n) is 4.10. The van der Waals surface area contributed by atoms with Crippen LogP contribution in [0.4, 0.5) is 0 Å². The lowest BCUT2D eigenvalue weighted by Crippen LogP contribution is -2.30. The van der Waals surface area contributed by atoms with E-state index in [4.69, 9.17) is 0 Å². The molecule has 1 heterocycles. The summed E-state index contributed by atoms with van der Waals surface area (Å²) >= 11 is 4.80. The first-order valence-corrected chi connectivity index (χ1v) is 7.08. The Morgan fingerprint density at radius 1 is 1.62 bits per heavy atom. The van der Waals surface area contributed by atoms with Gasteiger partial charge in [0.15, 0.2) is 0 Å². The number of amides is 1. The number of hydrogen-bond donors (Lipinski definition) is 1. The van der Waals surface area contributed by atoms with E-state index in [1.165, 1.54) is 19.3 Å². The maximum atomic E-state index is 11.8. The van der Waals surface area contributed by atoms with Crippen molar-refractivity contribution in [1.29, 1.82) is 0 Å². The van der Waals surface area contributed by atoms with Gasteiger partial charge >= 0.3 is 0 Å². The van der Waals surface area contributed by atoms with Gasteiger partial charge in [-0.3, -0.25) is 4.79 Å². The van der Waals surface area contributed by atoms with E-state index in [1.54, 1.807) is 6.92 Å². The zero-order valence-corrected chi connectivity index (χ0v) is 11.5. The van der Waals surface area contributed by atoms with Crippen LogP contribution < -0.4 is 5.32 Å². The summed E-state index contributed by atoms with van der Waals surface area (Å²) in [5, 5.41) is 6.79. The van der Waals surface area contributed by atoms with Crippen molar-refractivity contribution >= 4 is 33.4 Å². The third-order valence-electron chi connectivity index (χ3n) is 2.95. The van der Waals surface area contributed by atoms with Crippen molar-refractivity contribution in [1.82, 2.24) is 14.9 Å². The number of aromatic nitrogens is 2. The molecule has 1 amide bonds. The van der Waals surface area contributed by atoms with Gasteiger partial charge in [-0.2, -0.15) is 0 Å². The van der Waals surface area contributed by atoms with Crippen LogP contribution in [0, 0.1) is 12.8 Å². The Morgan fingerprint density at radius 2 is 2.44 bits per heavy atom. The lowest BCUT2D eigenvalue weighted by atomic mass is 10.1. The number of nitrogens with zero attached hydrogens (tertiary/aromatic N) is 2. The Labute approximate surface area is 107 Å². The van der Waals surface area contributed by atoms with E-state index < -0.39 is 0 Å². The number of rotatable bonds is 3. The number of halogens is 1. The molecule has 0 bridgehead atoms. The number of nitrogens with one attached hydrogen (secondary N) is 1. The van der Waals surface area contributed by atoms with Crippen molar-refractivity contribution < 1.29 is 4.79 Å². The van der Waals surface area contributed by atoms with Gasteiger partial charge in [0, 0.05) is 11.4 Å². The molecule has 2 atom stereocenters. The maximum absolute atomic E-state index is 11.8. The molecule has 2 rings (SSSR count). The summed E-state index contributed by atoms with van der Waals surface area (Å²) in [4.78, 5) is 13.0. The standard InChI is InChI=1S/C10H14BrN3OS/c1-6-9(16-14-13-6)10(15)12-5-7-3-2-4-8(7)11/h7-8H,2-5H2,1H3,(H,12,15). The Kier molecular flexibility index (Phi) is 3.91. The SMILES string of the molecule is Cc1nnsc1C(=O)NCC1CCCC1Br. The highest BCUT2D eigenvalue weighted by Gasteiger charge is 2.25. The van der Waals surface area contributed by atoms with Gasteiger partial charge in [0.1, 0.15) is 4.88 Å². The van der Waals surface area contributed by atoms with Crippen LogP contribution in [0.15, 0.2) is 0 Å². The number of hydrogen-bond acceptors (Lipinski definition) is 4. The van der Waals surface area contributed by atoms with Crippen molar-refractivity contribution in [2.75, 3.05) is 6.54 Å². The lowest BCUT2D eigenvalue weighted by molar-refractivity contribution is 0.0951. The number of carbonyl (C=O) groups excluding carboxylic acids is 1. The normalized spacial score (nSPS) is 24.6. The lowest BCUT2D eigenvalue weighted by Gasteiger charge is -2.14. The highest BCUT2D eigenvalue weighted by molar-refractivity contribution is 9.09. The Hall–Kier alpha value is -0.490. The fourth-order valence-corrected chi connectivity index (χ4v) is 3.31. The molecule has 6 heteroatoms. The first-order chi connectivity index (χ1) is 7.68. The Balaban J connectivity index is 1.86. The van der Waals surface area contributed by atoms with Crippen LogP contribution in [0.1, 0.15) is 34.6 Å². The number of alkyl halides is 1. The predicted octanol–water partition coefficient (Wildman–Crippen LogP) is 2.14. The van der Waals surface area contributed by atoms with Gasteiger partial charge in [0.2, 0.25) is 0 Å². The molecule has 2 unspecified atom stereocenters. The highest BCUT2D eigenvalue weighted by Crippen LogP contribution is 2.30. The van der Waals surface area contributed by atoms with Crippen molar-refractivity contribution in [3.8, 4) is 0 Å². The zero-order chi connectivity index (χ0) is 11.5. The fraction of sp³-hybridized carbons (Fsp3) is 0.700. The first-order valence-electron chi connectivity index (χ1n) is 5.39. The number of carbonyl (C=O) groups is 1. The van der Waals surface area contributed by atoms with Gasteiger partial charge in [-0.1, -0.05) is 26.8 Å². The summed E-state index contributed by atoms with van der Waals surface area (Å²) in [7, 11) is 0. The highest BCUT2D eigenvalue weighted by atomic mass is 79.9. The molecule has 1 aliphatic carbocycles. The summed E-state index contributed by atoms with van der Waals surface area (Å²) in [6, 6.07) is 0. The topological polar surface area (TPSA) is 54.9 Å². The maximum Gasteiger partial charge on any atom is 0.264 e. The smallest absolute Gasteiger partial charge is 0.264 e. The van der Waals surface area contributed by atoms with E-state index in [2.05, 4.69) is 30.8 Å². The van der Waals surface area contributed by atoms with Crippen LogP contribution in [0.2, 0.25) is 0 Å². The van der Waals surface area contributed by atoms with Crippen LogP contribution in [0.25, 0.3) is 0 Å². The van der Waals surface area contributed by atoms with E-state index in [1.807, 2.05) is 0 Å². The second-order valence-corrected chi connectivity index (χ2v) is 6.03. The van der Waals surface area contributed by atoms with Gasteiger partial charge in [0.25, 0.3) is 5.91 Å². The molecule has 16 heavy (non-hydrogen) atoms. The molecule has 88 valence electrons. The molecule has 1 saturated carbocycles. The fourth-order valence-electron chi connectivity index (χ4n) is 1.97. The average Bonchev–Trinajstić information content (AvgIpc) is 2.84. The minimum absolute atomic E-state index is 0.0425. The zero-order valence-electron chi connectivity index (χ0n) is 9.07. The molecule has 0 saturated heterocycles. The molecule has 1 fully saturated rings. The third kappa shape index (κ3) is 2.60. The largest absolute Gasteiger partial charge is 0.351 e. The van der Waals surface area contributed by atoms with Gasteiger partial charge in [-0.15, -0.1) is 5.10 Å². The van der Waals surface area contributed by atoms with E-state index in [9.17, 15) is 4.79 Å². The summed E-state index contributed by atoms with van der Waals surface area (Å²) in [6.45, 7) is 2.55. The van der Waals surface area contributed by atoms with Crippen LogP contribution in [-0.2, 0) is 0 Å². The molecule has 0 aromatic carbocycles. The molecule has 1 N–H and O–H groups in total. The predicted molar refractivity (Wildman–Crippen MR) is 67.0 cm³/mol. The van der Waals surface area contributed by atoms with Crippen molar-refractivity contribution in [3.05, 3.63) is 10.6 Å². The summed E-state index contributed by atoms with van der Waals surface area (Å²) in [5.74, 6) is 0.518. The minimum Gasteiger partial charge on any atom is -0.351 e. The van der Waals surface area contributed by atoms with Gasteiger partial charge < -0.3 is 5.32 Å². The van der Waals surface area contributed by atoms with Crippen molar-refractivity contribution in [2.45, 2.75) is 31.0 Å². The molecule has 0 aliphatic heterocycles. The average molecular weight is 304 g/mol. The Morgan fingerprint density at radius 3 is 3.00 bits per heavy atom. The van der Waals surface area contributed by atoms with Crippen LogP contribution in [0.5, 0.6) is 0 Å². The summed E-state index contributed by atoms with van der Waals surface area (Å²) < 4.78 is 3.76. The van der Waals surface area contributed by atoms with E-state index in [-0.39, 0.29) is 5.91 Å². The van der Waals surface area contributed by atoms with Crippen LogP contribution in [-0.4, -0.2) is 26.9 Å². The van der Waals surface area contributed by atoms with E-state index in [0.29, 0.717) is 21.3 Å². The summed E-state index contributed by atoms with van der Waals surface area (Å²) in [6.07, 6.45) is 3.65. The molecule has 1 aromatic heterocycles. The minimum atomic E-state index is -0.0425. The molecular weight excluding hydrogens is 290 g/mol. The molecule has 1 aliphatic rings. The van der Waals surface area contributed by atoms with Gasteiger partial charge in [0.05, 0.1) is 5.69 Å².